The van der Waals surface area contributed by atoms with Crippen LogP contribution in [0, 0.1) is 18.5 Å². The second kappa shape index (κ2) is 6.32. The third-order valence-corrected chi connectivity index (χ3v) is 7.35. The van der Waals surface area contributed by atoms with Gasteiger partial charge in [-0.1, -0.05) is 61.4 Å². The average Bonchev–Trinajstić information content (AvgIpc) is 2.95. The number of aryl methyl sites for hydroxylation is 2. The minimum absolute atomic E-state index is 0.152. The van der Waals surface area contributed by atoms with Gasteiger partial charge in [0, 0.05) is 16.8 Å². The molecule has 0 spiro atoms. The van der Waals surface area contributed by atoms with Crippen molar-refractivity contribution in [3.05, 3.63) is 62.6 Å². The Morgan fingerprint density at radius 1 is 1.07 bits per heavy atom. The number of fused-ring (bicyclic) bond motifs is 3. The number of hydrogen-bond donors (Lipinski definition) is 1. The highest BCUT2D eigenvalue weighted by molar-refractivity contribution is 7.71. The van der Waals surface area contributed by atoms with Crippen LogP contribution in [0.25, 0.3) is 16.8 Å². The van der Waals surface area contributed by atoms with E-state index in [4.69, 9.17) is 12.2 Å². The van der Waals surface area contributed by atoms with Crippen LogP contribution in [0.15, 0.2) is 36.4 Å². The van der Waals surface area contributed by atoms with Crippen LogP contribution in [0.3, 0.4) is 0 Å². The molecule has 3 aromatic rings. The van der Waals surface area contributed by atoms with E-state index in [0.29, 0.717) is 5.92 Å². The maximum Gasteiger partial charge on any atom is 0.129 e. The predicted molar refractivity (Wildman–Crippen MR) is 120 cm³/mol. The van der Waals surface area contributed by atoms with Gasteiger partial charge < -0.3 is 5.32 Å². The van der Waals surface area contributed by atoms with Crippen LogP contribution in [-0.2, 0) is 5.54 Å². The highest BCUT2D eigenvalue weighted by Gasteiger charge is 2.35. The number of anilines is 1. The molecule has 1 aliphatic rings. The summed E-state index contributed by atoms with van der Waals surface area (Å²) in [5, 5.41) is 3.78. The molecule has 2 heterocycles. The predicted octanol–water partition coefficient (Wildman–Crippen LogP) is 7.34. The molecule has 2 nitrogen and oxygen atoms in total. The lowest BCUT2D eigenvalue weighted by Gasteiger charge is -2.34. The smallest absolute Gasteiger partial charge is 0.129 e. The molecule has 0 fully saturated rings. The second-order valence-electron chi connectivity index (χ2n) is 8.40. The quantitative estimate of drug-likeness (QED) is 0.458. The zero-order valence-electron chi connectivity index (χ0n) is 16.8. The van der Waals surface area contributed by atoms with Crippen molar-refractivity contribution in [2.75, 3.05) is 5.32 Å². The van der Waals surface area contributed by atoms with Crippen LogP contribution in [0.2, 0.25) is 0 Å². The van der Waals surface area contributed by atoms with Gasteiger partial charge in [-0.2, -0.15) is 0 Å². The van der Waals surface area contributed by atoms with Gasteiger partial charge in [-0.05, 0) is 62.9 Å². The molecular formula is C23H26N2S2. The zero-order valence-corrected chi connectivity index (χ0v) is 18.4. The van der Waals surface area contributed by atoms with Crippen molar-refractivity contribution in [1.29, 1.82) is 0 Å². The molecule has 0 unspecified atom stereocenters. The van der Waals surface area contributed by atoms with Crippen LogP contribution in [-0.4, -0.2) is 3.96 Å². The maximum atomic E-state index is 6.00. The maximum absolute atomic E-state index is 6.00. The van der Waals surface area contributed by atoms with Crippen LogP contribution in [0.1, 0.15) is 55.2 Å². The van der Waals surface area contributed by atoms with Crippen LogP contribution in [0.5, 0.6) is 0 Å². The molecule has 0 amide bonds. The van der Waals surface area contributed by atoms with Gasteiger partial charge in [0.25, 0.3) is 0 Å². The molecule has 0 atom stereocenters. The van der Waals surface area contributed by atoms with Gasteiger partial charge in [-0.25, -0.2) is 0 Å². The average molecular weight is 395 g/mol. The topological polar surface area (TPSA) is 17.0 Å². The minimum Gasteiger partial charge on any atom is -0.374 e. The molecule has 0 aliphatic carbocycles. The number of rotatable bonds is 2. The molecule has 0 radical (unpaired) electrons. The monoisotopic (exact) mass is 394 g/mol. The first-order valence-corrected chi connectivity index (χ1v) is 10.6. The molecular weight excluding hydrogens is 368 g/mol. The van der Waals surface area contributed by atoms with E-state index < -0.39 is 0 Å². The van der Waals surface area contributed by atoms with E-state index in [-0.39, 0.29) is 5.54 Å². The van der Waals surface area contributed by atoms with Crippen molar-refractivity contribution < 1.29 is 0 Å². The van der Waals surface area contributed by atoms with Gasteiger partial charge in [-0.3, -0.25) is 3.96 Å². The highest BCUT2D eigenvalue weighted by atomic mass is 32.1. The molecule has 1 aromatic heterocycles. The third-order valence-electron chi connectivity index (χ3n) is 5.38. The normalized spacial score (nSPS) is 14.6. The van der Waals surface area contributed by atoms with E-state index in [1.807, 2.05) is 0 Å². The Bertz CT molecular complexity index is 1080. The summed E-state index contributed by atoms with van der Waals surface area (Å²) in [5.41, 5.74) is 8.59. The number of benzene rings is 2. The Kier molecular flexibility index (Phi) is 4.32. The Labute approximate surface area is 171 Å². The number of hydrogen-bond acceptors (Lipinski definition) is 3. The minimum atomic E-state index is -0.152. The van der Waals surface area contributed by atoms with Crippen molar-refractivity contribution in [1.82, 2.24) is 3.96 Å². The summed E-state index contributed by atoms with van der Waals surface area (Å²) in [4.78, 5) is 1.31. The van der Waals surface area contributed by atoms with Crippen LogP contribution < -0.4 is 5.32 Å². The van der Waals surface area contributed by atoms with Crippen molar-refractivity contribution in [2.24, 2.45) is 0 Å². The summed E-state index contributed by atoms with van der Waals surface area (Å²) < 4.78 is 3.12. The Morgan fingerprint density at radius 3 is 2.37 bits per heavy atom. The van der Waals surface area contributed by atoms with Crippen LogP contribution >= 0.6 is 23.8 Å². The van der Waals surface area contributed by atoms with Gasteiger partial charge in [0.15, 0.2) is 0 Å². The highest BCUT2D eigenvalue weighted by Crippen LogP contribution is 2.49. The molecule has 0 bridgehead atoms. The van der Waals surface area contributed by atoms with E-state index in [2.05, 4.69) is 87.2 Å². The Morgan fingerprint density at radius 2 is 1.74 bits per heavy atom. The van der Waals surface area contributed by atoms with Gasteiger partial charge in [0.05, 0.1) is 16.1 Å². The Hall–Kier alpha value is -1.91. The van der Waals surface area contributed by atoms with Gasteiger partial charge in [0.1, 0.15) is 4.64 Å². The number of nitrogens with one attached hydrogen (secondary N) is 1. The van der Waals surface area contributed by atoms with Crippen molar-refractivity contribution in [3.8, 4) is 16.8 Å². The molecule has 0 saturated carbocycles. The second-order valence-corrected chi connectivity index (χ2v) is 9.74. The molecule has 27 heavy (non-hydrogen) atoms. The fourth-order valence-corrected chi connectivity index (χ4v) is 5.43. The van der Waals surface area contributed by atoms with E-state index in [0.717, 1.165) is 10.3 Å². The van der Waals surface area contributed by atoms with Gasteiger partial charge in [-0.15, -0.1) is 0 Å². The molecule has 1 aliphatic heterocycles. The van der Waals surface area contributed by atoms with Crippen molar-refractivity contribution in [3.63, 3.8) is 0 Å². The van der Waals surface area contributed by atoms with Gasteiger partial charge >= 0.3 is 0 Å². The number of nitrogens with zero attached hydrogens (tertiary/aromatic N) is 1. The largest absolute Gasteiger partial charge is 0.374 e. The van der Waals surface area contributed by atoms with Gasteiger partial charge in [0.2, 0.25) is 0 Å². The molecule has 2 aromatic carbocycles. The first kappa shape index (κ1) is 18.5. The summed E-state index contributed by atoms with van der Waals surface area (Å²) in [5.74, 6) is 0.490. The number of aromatic nitrogens is 1. The first-order chi connectivity index (χ1) is 12.7. The lowest BCUT2D eigenvalue weighted by molar-refractivity contribution is 0.619. The summed E-state index contributed by atoms with van der Waals surface area (Å²) >= 11 is 7.77. The lowest BCUT2D eigenvalue weighted by atomic mass is 9.86. The summed E-state index contributed by atoms with van der Waals surface area (Å²) in [6.45, 7) is 13.3. The lowest BCUT2D eigenvalue weighted by Crippen LogP contribution is -2.31. The Balaban J connectivity index is 2.02. The van der Waals surface area contributed by atoms with Crippen molar-refractivity contribution >= 4 is 29.4 Å². The SMILES string of the molecule is Cc1ccc(-n2sc3c(c2=S)-c2cc(C(C)C)cc(C)c2NC3(C)C)cc1. The summed E-state index contributed by atoms with van der Waals surface area (Å²) in [6.07, 6.45) is 0. The standard InChI is InChI=1S/C23H26N2S2/c1-13(2)16-11-15(4)20-18(12-16)19-21(23(5,6)24-20)27-25(22(19)26)17-9-7-14(3)8-10-17/h7-13,24H,1-6H3. The third kappa shape index (κ3) is 2.95. The molecule has 140 valence electrons. The fraction of sp³-hybridized carbons (Fsp3) is 0.348. The van der Waals surface area contributed by atoms with E-state index >= 15 is 0 Å². The molecule has 4 rings (SSSR count). The van der Waals surface area contributed by atoms with E-state index in [1.54, 1.807) is 11.5 Å². The summed E-state index contributed by atoms with van der Waals surface area (Å²) in [6, 6.07) is 13.2. The first-order valence-electron chi connectivity index (χ1n) is 9.46. The van der Waals surface area contributed by atoms with E-state index in [9.17, 15) is 0 Å². The molecule has 0 saturated heterocycles. The van der Waals surface area contributed by atoms with E-state index in [1.165, 1.54) is 38.4 Å². The summed E-state index contributed by atoms with van der Waals surface area (Å²) in [7, 11) is 0. The molecule has 4 heteroatoms. The van der Waals surface area contributed by atoms with Crippen molar-refractivity contribution in [2.45, 2.75) is 53.0 Å². The molecule has 1 N–H and O–H groups in total. The fourth-order valence-electron chi connectivity index (χ4n) is 3.77. The van der Waals surface area contributed by atoms with Crippen LogP contribution in [0.4, 0.5) is 5.69 Å². The zero-order chi connectivity index (χ0) is 19.5.